The van der Waals surface area contributed by atoms with E-state index in [4.69, 9.17) is 4.74 Å². The maximum atomic E-state index is 12.3. The van der Waals surface area contributed by atoms with Crippen molar-refractivity contribution in [3.8, 4) is 0 Å². The SMILES string of the molecule is C=CCOC(=O)[C@H](CNC(=O)c1ccccc1)C1CCCCC1. The minimum Gasteiger partial charge on any atom is -0.461 e. The van der Waals surface area contributed by atoms with Gasteiger partial charge in [-0.1, -0.05) is 50.1 Å². The lowest BCUT2D eigenvalue weighted by atomic mass is 9.80. The summed E-state index contributed by atoms with van der Waals surface area (Å²) in [7, 11) is 0. The van der Waals surface area contributed by atoms with E-state index in [2.05, 4.69) is 11.9 Å². The Labute approximate surface area is 137 Å². The van der Waals surface area contributed by atoms with Gasteiger partial charge < -0.3 is 10.1 Å². The Bertz CT molecular complexity index is 521. The van der Waals surface area contributed by atoms with Crippen LogP contribution in [0.25, 0.3) is 0 Å². The summed E-state index contributed by atoms with van der Waals surface area (Å²) in [5, 5.41) is 2.89. The van der Waals surface area contributed by atoms with Crippen molar-refractivity contribution in [1.29, 1.82) is 0 Å². The number of amides is 1. The summed E-state index contributed by atoms with van der Waals surface area (Å²) < 4.78 is 5.24. The van der Waals surface area contributed by atoms with Crippen molar-refractivity contribution in [1.82, 2.24) is 5.32 Å². The Morgan fingerprint density at radius 3 is 2.57 bits per heavy atom. The van der Waals surface area contributed by atoms with Crippen LogP contribution < -0.4 is 5.32 Å². The van der Waals surface area contributed by atoms with Crippen LogP contribution in [0.15, 0.2) is 43.0 Å². The topological polar surface area (TPSA) is 55.4 Å². The van der Waals surface area contributed by atoms with Crippen LogP contribution in [0.3, 0.4) is 0 Å². The Kier molecular flexibility index (Phi) is 6.85. The standard InChI is InChI=1S/C19H25NO3/c1-2-13-23-19(22)17(15-9-5-3-6-10-15)14-20-18(21)16-11-7-4-8-12-16/h2,4,7-8,11-12,15,17H,1,3,5-6,9-10,13-14H2,(H,20,21)/t17-/m1/s1. The molecule has 1 aliphatic carbocycles. The normalized spacial score (nSPS) is 16.3. The van der Waals surface area contributed by atoms with E-state index in [1.165, 1.54) is 6.42 Å². The summed E-state index contributed by atoms with van der Waals surface area (Å²) in [6.07, 6.45) is 7.12. The second-order valence-electron chi connectivity index (χ2n) is 6.00. The third-order valence-electron chi connectivity index (χ3n) is 4.38. The van der Waals surface area contributed by atoms with Crippen LogP contribution in [-0.2, 0) is 9.53 Å². The van der Waals surface area contributed by atoms with E-state index in [0.29, 0.717) is 12.1 Å². The lowest BCUT2D eigenvalue weighted by molar-refractivity contribution is -0.149. The summed E-state index contributed by atoms with van der Waals surface area (Å²) in [6.45, 7) is 4.12. The molecular weight excluding hydrogens is 290 g/mol. The van der Waals surface area contributed by atoms with Gasteiger partial charge in [0.05, 0.1) is 5.92 Å². The maximum absolute atomic E-state index is 12.3. The monoisotopic (exact) mass is 315 g/mol. The molecule has 0 bridgehead atoms. The third kappa shape index (κ3) is 5.23. The van der Waals surface area contributed by atoms with E-state index in [0.717, 1.165) is 25.7 Å². The molecule has 0 spiro atoms. The molecule has 1 fully saturated rings. The van der Waals surface area contributed by atoms with Gasteiger partial charge >= 0.3 is 5.97 Å². The van der Waals surface area contributed by atoms with Crippen LogP contribution in [0.5, 0.6) is 0 Å². The van der Waals surface area contributed by atoms with Gasteiger partial charge in [-0.25, -0.2) is 0 Å². The molecule has 1 aromatic rings. The number of esters is 1. The summed E-state index contributed by atoms with van der Waals surface area (Å²) in [6, 6.07) is 9.05. The predicted molar refractivity (Wildman–Crippen MR) is 90.0 cm³/mol. The predicted octanol–water partition coefficient (Wildman–Crippen LogP) is 3.34. The second kappa shape index (κ2) is 9.13. The van der Waals surface area contributed by atoms with Crippen molar-refractivity contribution in [3.63, 3.8) is 0 Å². The minimum absolute atomic E-state index is 0.150. The van der Waals surface area contributed by atoms with Crippen molar-refractivity contribution in [2.24, 2.45) is 11.8 Å². The van der Waals surface area contributed by atoms with E-state index < -0.39 is 0 Å². The van der Waals surface area contributed by atoms with Crippen LogP contribution >= 0.6 is 0 Å². The van der Waals surface area contributed by atoms with Crippen molar-refractivity contribution in [2.45, 2.75) is 32.1 Å². The highest BCUT2D eigenvalue weighted by atomic mass is 16.5. The number of hydrogen-bond acceptors (Lipinski definition) is 3. The quantitative estimate of drug-likeness (QED) is 0.620. The number of benzene rings is 1. The smallest absolute Gasteiger partial charge is 0.311 e. The average molecular weight is 315 g/mol. The van der Waals surface area contributed by atoms with E-state index >= 15 is 0 Å². The first-order chi connectivity index (χ1) is 11.2. The van der Waals surface area contributed by atoms with Gasteiger partial charge in [0.15, 0.2) is 0 Å². The number of carbonyl (C=O) groups is 2. The van der Waals surface area contributed by atoms with Crippen molar-refractivity contribution < 1.29 is 14.3 Å². The average Bonchev–Trinajstić information content (AvgIpc) is 2.61. The lowest BCUT2D eigenvalue weighted by Gasteiger charge is -2.28. The summed E-state index contributed by atoms with van der Waals surface area (Å²) in [5.41, 5.74) is 0.606. The van der Waals surface area contributed by atoms with Crippen molar-refractivity contribution in [3.05, 3.63) is 48.6 Å². The first-order valence-corrected chi connectivity index (χ1v) is 8.33. The molecule has 1 aromatic carbocycles. The van der Waals surface area contributed by atoms with Gasteiger partial charge in [-0.15, -0.1) is 0 Å². The zero-order chi connectivity index (χ0) is 16.5. The molecular formula is C19H25NO3. The van der Waals surface area contributed by atoms with Crippen LogP contribution in [0.4, 0.5) is 0 Å². The fourth-order valence-corrected chi connectivity index (χ4v) is 3.12. The summed E-state index contributed by atoms with van der Waals surface area (Å²) >= 11 is 0. The molecule has 1 amide bonds. The minimum atomic E-state index is -0.275. The summed E-state index contributed by atoms with van der Waals surface area (Å²) in [5.74, 6) is -0.367. The number of hydrogen-bond donors (Lipinski definition) is 1. The summed E-state index contributed by atoms with van der Waals surface area (Å²) in [4.78, 5) is 24.5. The first kappa shape index (κ1) is 17.3. The Morgan fingerprint density at radius 1 is 1.22 bits per heavy atom. The highest BCUT2D eigenvalue weighted by Crippen LogP contribution is 2.30. The number of ether oxygens (including phenoxy) is 1. The van der Waals surface area contributed by atoms with Crippen LogP contribution in [0.2, 0.25) is 0 Å². The highest BCUT2D eigenvalue weighted by Gasteiger charge is 2.31. The molecule has 0 aromatic heterocycles. The molecule has 2 rings (SSSR count). The molecule has 4 nitrogen and oxygen atoms in total. The van der Waals surface area contributed by atoms with Gasteiger partial charge in [0.1, 0.15) is 6.61 Å². The first-order valence-electron chi connectivity index (χ1n) is 8.33. The van der Waals surface area contributed by atoms with Gasteiger partial charge in [0, 0.05) is 12.1 Å². The fourth-order valence-electron chi connectivity index (χ4n) is 3.12. The van der Waals surface area contributed by atoms with Gasteiger partial charge in [-0.3, -0.25) is 9.59 Å². The van der Waals surface area contributed by atoms with E-state index in [9.17, 15) is 9.59 Å². The molecule has 0 saturated heterocycles. The second-order valence-corrected chi connectivity index (χ2v) is 6.00. The molecule has 0 aliphatic heterocycles. The van der Waals surface area contributed by atoms with Gasteiger partial charge in [-0.2, -0.15) is 0 Å². The zero-order valence-corrected chi connectivity index (χ0v) is 13.5. The highest BCUT2D eigenvalue weighted by molar-refractivity contribution is 5.94. The molecule has 1 N–H and O–H groups in total. The zero-order valence-electron chi connectivity index (χ0n) is 13.5. The van der Waals surface area contributed by atoms with Crippen LogP contribution in [-0.4, -0.2) is 25.0 Å². The molecule has 1 saturated carbocycles. The molecule has 1 atom stereocenters. The molecule has 4 heteroatoms. The van der Waals surface area contributed by atoms with E-state index in [1.54, 1.807) is 18.2 Å². The number of nitrogens with one attached hydrogen (secondary N) is 1. The molecule has 0 radical (unpaired) electrons. The Balaban J connectivity index is 1.97. The lowest BCUT2D eigenvalue weighted by Crippen LogP contribution is -2.38. The molecule has 1 aliphatic rings. The van der Waals surface area contributed by atoms with Crippen LogP contribution in [0, 0.1) is 11.8 Å². The Morgan fingerprint density at radius 2 is 1.91 bits per heavy atom. The van der Waals surface area contributed by atoms with Gasteiger partial charge in [-0.05, 0) is 30.9 Å². The number of carbonyl (C=O) groups excluding carboxylic acids is 2. The molecule has 0 unspecified atom stereocenters. The van der Waals surface area contributed by atoms with E-state index in [1.807, 2.05) is 18.2 Å². The van der Waals surface area contributed by atoms with E-state index in [-0.39, 0.29) is 30.3 Å². The molecule has 124 valence electrons. The van der Waals surface area contributed by atoms with Gasteiger partial charge in [0.2, 0.25) is 0 Å². The fraction of sp³-hybridized carbons (Fsp3) is 0.474. The van der Waals surface area contributed by atoms with Crippen molar-refractivity contribution in [2.75, 3.05) is 13.2 Å². The maximum Gasteiger partial charge on any atom is 0.311 e. The molecule has 0 heterocycles. The number of rotatable bonds is 7. The van der Waals surface area contributed by atoms with Gasteiger partial charge in [0.25, 0.3) is 5.91 Å². The Hall–Kier alpha value is -2.10. The third-order valence-corrected chi connectivity index (χ3v) is 4.38. The van der Waals surface area contributed by atoms with Crippen molar-refractivity contribution >= 4 is 11.9 Å². The largest absolute Gasteiger partial charge is 0.461 e. The molecule has 23 heavy (non-hydrogen) atoms. The van der Waals surface area contributed by atoms with Crippen LogP contribution in [0.1, 0.15) is 42.5 Å².